The van der Waals surface area contributed by atoms with E-state index in [0.29, 0.717) is 0 Å². The Kier molecular flexibility index (Phi) is 9.77. The average Bonchev–Trinajstić information content (AvgIpc) is 4.18. The Bertz CT molecular complexity index is 4000. The Labute approximate surface area is 439 Å². The molecule has 12 aromatic rings. The van der Waals surface area contributed by atoms with Gasteiger partial charge in [-0.05, 0) is 166 Å². The van der Waals surface area contributed by atoms with E-state index in [1.807, 2.05) is 0 Å². The monoisotopic (exact) mass is 951 g/mol. The van der Waals surface area contributed by atoms with Crippen LogP contribution >= 0.6 is 0 Å². The zero-order valence-corrected chi connectivity index (χ0v) is 41.2. The van der Waals surface area contributed by atoms with E-state index < -0.39 is 10.8 Å². The van der Waals surface area contributed by atoms with Gasteiger partial charge in [0.05, 0.1) is 10.8 Å². The minimum absolute atomic E-state index is 0.479. The molecule has 0 atom stereocenters. The maximum absolute atomic E-state index is 2.51. The lowest BCUT2D eigenvalue weighted by molar-refractivity contribution is 0.768. The third kappa shape index (κ3) is 6.38. The quantitative estimate of drug-likeness (QED) is 0.147. The lowest BCUT2D eigenvalue weighted by Gasteiger charge is -2.34. The molecule has 0 amide bonds. The van der Waals surface area contributed by atoms with Crippen LogP contribution in [-0.4, -0.2) is 0 Å². The van der Waals surface area contributed by atoms with E-state index in [1.54, 1.807) is 0 Å². The molecule has 12 aromatic carbocycles. The van der Waals surface area contributed by atoms with Crippen LogP contribution in [-0.2, 0) is 10.8 Å². The van der Waals surface area contributed by atoms with Gasteiger partial charge < -0.3 is 4.90 Å². The highest BCUT2D eigenvalue weighted by Gasteiger charge is 2.52. The Balaban J connectivity index is 0.952. The molecule has 0 saturated heterocycles. The molecule has 75 heavy (non-hydrogen) atoms. The van der Waals surface area contributed by atoms with Crippen molar-refractivity contribution < 1.29 is 0 Å². The van der Waals surface area contributed by atoms with Crippen LogP contribution in [0.2, 0.25) is 0 Å². The predicted molar refractivity (Wildman–Crippen MR) is 311 cm³/mol. The first-order valence-corrected chi connectivity index (χ1v) is 26.2. The van der Waals surface area contributed by atoms with E-state index in [-0.39, 0.29) is 0 Å². The summed E-state index contributed by atoms with van der Waals surface area (Å²) in [7, 11) is 0. The van der Waals surface area contributed by atoms with Crippen LogP contribution < -0.4 is 4.90 Å². The van der Waals surface area contributed by atoms with Gasteiger partial charge in [0.2, 0.25) is 0 Å². The first-order valence-electron chi connectivity index (χ1n) is 26.2. The summed E-state index contributed by atoms with van der Waals surface area (Å²) in [5, 5.41) is 0. The van der Waals surface area contributed by atoms with Crippen molar-refractivity contribution >= 4 is 17.1 Å². The molecule has 0 N–H and O–H groups in total. The van der Waals surface area contributed by atoms with Crippen molar-refractivity contribution in [3.05, 3.63) is 342 Å². The van der Waals surface area contributed by atoms with E-state index in [0.717, 1.165) is 22.6 Å². The van der Waals surface area contributed by atoms with Crippen LogP contribution in [0, 0.1) is 0 Å². The fourth-order valence-electron chi connectivity index (χ4n) is 13.4. The fourth-order valence-corrected chi connectivity index (χ4v) is 13.4. The van der Waals surface area contributed by atoms with E-state index in [4.69, 9.17) is 0 Å². The molecule has 0 radical (unpaired) electrons. The van der Waals surface area contributed by atoms with Crippen molar-refractivity contribution in [2.75, 3.05) is 4.90 Å². The third-order valence-electron chi connectivity index (χ3n) is 16.5. The normalized spacial score (nSPS) is 13.5. The SMILES string of the molecule is c1ccc(-c2cc(-c3ccccc3)cc(-c3ccc(N(c4ccc5c(c4)-c4ccccc4C5(c4ccccc4)c4ccccc4)c4ccc5c(c4)C4(c6ccccc6-c6ccccc64)c4ccccc4-5)cc3)c2)cc1. The molecule has 0 saturated carbocycles. The molecule has 0 fully saturated rings. The van der Waals surface area contributed by atoms with Gasteiger partial charge in [0, 0.05) is 17.1 Å². The molecule has 15 rings (SSSR count). The highest BCUT2D eigenvalue weighted by molar-refractivity contribution is 5.97. The van der Waals surface area contributed by atoms with Gasteiger partial charge in [-0.1, -0.05) is 243 Å². The summed E-state index contributed by atoms with van der Waals surface area (Å²) in [6.45, 7) is 0. The summed E-state index contributed by atoms with van der Waals surface area (Å²) in [5.41, 5.74) is 27.6. The number of anilines is 3. The van der Waals surface area contributed by atoms with Crippen LogP contribution in [0.4, 0.5) is 17.1 Å². The van der Waals surface area contributed by atoms with Gasteiger partial charge in [-0.25, -0.2) is 0 Å². The summed E-state index contributed by atoms with van der Waals surface area (Å²) in [6.07, 6.45) is 0. The van der Waals surface area contributed by atoms with Gasteiger partial charge in [0.15, 0.2) is 0 Å². The number of fused-ring (bicyclic) bond motifs is 13. The second kappa shape index (κ2) is 17.0. The number of rotatable bonds is 8. The topological polar surface area (TPSA) is 3.24 Å². The molecule has 1 heteroatoms. The van der Waals surface area contributed by atoms with E-state index in [1.165, 1.54) is 106 Å². The van der Waals surface area contributed by atoms with Crippen molar-refractivity contribution in [2.24, 2.45) is 0 Å². The summed E-state index contributed by atoms with van der Waals surface area (Å²) in [5.74, 6) is 0. The first-order chi connectivity index (χ1) is 37.2. The number of benzene rings is 12. The summed E-state index contributed by atoms with van der Waals surface area (Å²) in [4.78, 5) is 2.50. The molecule has 1 nitrogen and oxygen atoms in total. The Morgan fingerprint density at radius 3 is 1.00 bits per heavy atom. The molecule has 0 bridgehead atoms. The van der Waals surface area contributed by atoms with Gasteiger partial charge in [-0.15, -0.1) is 0 Å². The van der Waals surface area contributed by atoms with Gasteiger partial charge >= 0.3 is 0 Å². The Morgan fingerprint density at radius 2 is 0.520 bits per heavy atom. The number of hydrogen-bond donors (Lipinski definition) is 0. The molecule has 0 heterocycles. The van der Waals surface area contributed by atoms with Crippen LogP contribution in [0.25, 0.3) is 66.8 Å². The highest BCUT2D eigenvalue weighted by Crippen LogP contribution is 2.64. The summed E-state index contributed by atoms with van der Waals surface area (Å²) < 4.78 is 0. The van der Waals surface area contributed by atoms with Gasteiger partial charge in [-0.3, -0.25) is 0 Å². The van der Waals surface area contributed by atoms with Crippen molar-refractivity contribution in [1.29, 1.82) is 0 Å². The van der Waals surface area contributed by atoms with Crippen molar-refractivity contribution in [3.63, 3.8) is 0 Å². The zero-order valence-electron chi connectivity index (χ0n) is 41.2. The van der Waals surface area contributed by atoms with E-state index in [2.05, 4.69) is 302 Å². The van der Waals surface area contributed by atoms with Gasteiger partial charge in [0.25, 0.3) is 0 Å². The second-order valence-electron chi connectivity index (χ2n) is 20.3. The highest BCUT2D eigenvalue weighted by atomic mass is 15.1. The van der Waals surface area contributed by atoms with Crippen LogP contribution in [0.1, 0.15) is 44.5 Å². The molecule has 350 valence electrons. The minimum Gasteiger partial charge on any atom is -0.310 e. The molecule has 0 aliphatic heterocycles. The molecule has 0 unspecified atom stereocenters. The maximum atomic E-state index is 2.51. The molecule has 3 aliphatic carbocycles. The van der Waals surface area contributed by atoms with Crippen molar-refractivity contribution in [2.45, 2.75) is 10.8 Å². The lowest BCUT2D eigenvalue weighted by Crippen LogP contribution is -2.28. The number of nitrogens with zero attached hydrogens (tertiary/aromatic N) is 1. The van der Waals surface area contributed by atoms with Gasteiger partial charge in [0.1, 0.15) is 0 Å². The van der Waals surface area contributed by atoms with E-state index >= 15 is 0 Å². The third-order valence-corrected chi connectivity index (χ3v) is 16.5. The van der Waals surface area contributed by atoms with E-state index in [9.17, 15) is 0 Å². The molecule has 3 aliphatic rings. The summed E-state index contributed by atoms with van der Waals surface area (Å²) in [6, 6.07) is 111. The zero-order chi connectivity index (χ0) is 49.5. The largest absolute Gasteiger partial charge is 0.310 e. The number of hydrogen-bond acceptors (Lipinski definition) is 1. The van der Waals surface area contributed by atoms with Crippen LogP contribution in [0.5, 0.6) is 0 Å². The Morgan fingerprint density at radius 1 is 0.187 bits per heavy atom. The predicted octanol–water partition coefficient (Wildman–Crippen LogP) is 18.9. The van der Waals surface area contributed by atoms with Gasteiger partial charge in [-0.2, -0.15) is 0 Å². The summed E-state index contributed by atoms with van der Waals surface area (Å²) >= 11 is 0. The molecule has 1 spiro atoms. The first kappa shape index (κ1) is 43.1. The molecular weight excluding hydrogens is 903 g/mol. The molecule has 0 aromatic heterocycles. The van der Waals surface area contributed by atoms with Crippen LogP contribution in [0.3, 0.4) is 0 Å². The second-order valence-corrected chi connectivity index (χ2v) is 20.3. The Hall–Kier alpha value is -9.56. The molecular formula is C74H49N. The van der Waals surface area contributed by atoms with Crippen molar-refractivity contribution in [3.8, 4) is 66.8 Å². The lowest BCUT2D eigenvalue weighted by atomic mass is 9.68. The maximum Gasteiger partial charge on any atom is 0.0726 e. The fraction of sp³-hybridized carbons (Fsp3) is 0.0270. The van der Waals surface area contributed by atoms with Crippen molar-refractivity contribution in [1.82, 2.24) is 0 Å². The smallest absolute Gasteiger partial charge is 0.0726 e. The average molecular weight is 952 g/mol. The van der Waals surface area contributed by atoms with Crippen LogP contribution in [0.15, 0.2) is 297 Å². The standard InChI is InChI=1S/C74H49N/c1-5-21-50(22-6-1)53-45-54(51-23-7-2-8-24-51)47-55(46-53)52-37-39-58(40-38-52)75(59-42-44-71-66(48-59)64-32-16-17-33-67(64)73(71,56-25-9-3-10-26-56)57-27-11-4-12-28-57)60-41-43-65-63-31-15-20-36-70(63)74(72(65)49-60)68-34-18-13-29-61(68)62-30-14-19-35-69(62)74/h1-49H. The minimum atomic E-state index is -0.499.